The Labute approximate surface area is 88.0 Å². The Kier molecular flexibility index (Phi) is 2.74. The zero-order valence-electron chi connectivity index (χ0n) is 8.43. The van der Waals surface area contributed by atoms with Crippen molar-refractivity contribution in [3.8, 4) is 0 Å². The highest BCUT2D eigenvalue weighted by Crippen LogP contribution is 2.19. The van der Waals surface area contributed by atoms with E-state index in [1.165, 1.54) is 12.8 Å². The van der Waals surface area contributed by atoms with Crippen LogP contribution in [0.1, 0.15) is 24.6 Å². The third-order valence-electron chi connectivity index (χ3n) is 2.01. The summed E-state index contributed by atoms with van der Waals surface area (Å²) in [6, 6.07) is 0.565. The molecule has 1 saturated carbocycles. The average Bonchev–Trinajstić information content (AvgIpc) is 2.83. The normalized spacial score (nSPS) is 16.9. The summed E-state index contributed by atoms with van der Waals surface area (Å²) >= 11 is 0. The van der Waals surface area contributed by atoms with Gasteiger partial charge in [-0.05, 0) is 12.8 Å². The zero-order chi connectivity index (χ0) is 10.9. The van der Waals surface area contributed by atoms with E-state index < -0.39 is 9.84 Å². The molecule has 1 aliphatic carbocycles. The van der Waals surface area contributed by atoms with E-state index in [0.717, 1.165) is 6.26 Å². The molecule has 1 aromatic rings. The largest absolute Gasteiger partial charge is 0.423 e. The second kappa shape index (κ2) is 3.90. The Morgan fingerprint density at radius 3 is 2.67 bits per heavy atom. The lowest BCUT2D eigenvalue weighted by atomic mass is 10.6. The number of aromatic nitrogens is 2. The maximum Gasteiger partial charge on any atom is 0.231 e. The molecule has 0 bridgehead atoms. The molecule has 0 aromatic carbocycles. The molecule has 0 radical (unpaired) electrons. The zero-order valence-corrected chi connectivity index (χ0v) is 9.25. The van der Waals surface area contributed by atoms with Crippen LogP contribution in [0.25, 0.3) is 0 Å². The van der Waals surface area contributed by atoms with Crippen molar-refractivity contribution in [2.45, 2.75) is 31.2 Å². The number of rotatable bonds is 5. The van der Waals surface area contributed by atoms with E-state index in [1.807, 2.05) is 0 Å². The first-order valence-corrected chi connectivity index (χ1v) is 6.81. The van der Waals surface area contributed by atoms with Gasteiger partial charge in [-0.1, -0.05) is 0 Å². The van der Waals surface area contributed by atoms with Gasteiger partial charge in [0, 0.05) is 12.3 Å². The molecule has 0 spiro atoms. The van der Waals surface area contributed by atoms with Crippen LogP contribution in [0.3, 0.4) is 0 Å². The average molecular weight is 231 g/mol. The molecule has 1 heterocycles. The number of hydrogen-bond donors (Lipinski definition) is 1. The number of hydrogen-bond acceptors (Lipinski definition) is 6. The van der Waals surface area contributed by atoms with Crippen LogP contribution >= 0.6 is 0 Å². The van der Waals surface area contributed by atoms with Crippen LogP contribution in [-0.2, 0) is 22.1 Å². The van der Waals surface area contributed by atoms with Gasteiger partial charge in [0.2, 0.25) is 11.8 Å². The summed E-state index contributed by atoms with van der Waals surface area (Å²) in [5, 5.41) is 10.6. The van der Waals surface area contributed by atoms with E-state index in [4.69, 9.17) is 4.42 Å². The Morgan fingerprint density at radius 1 is 1.40 bits per heavy atom. The summed E-state index contributed by atoms with van der Waals surface area (Å²) in [6.45, 7) is 0.515. The second-order valence-corrected chi connectivity index (χ2v) is 5.95. The summed E-state index contributed by atoms with van der Waals surface area (Å²) in [5.41, 5.74) is 0. The monoisotopic (exact) mass is 231 g/mol. The smallest absolute Gasteiger partial charge is 0.231 e. The standard InChI is InChI=1S/C8H13N3O3S/c1-15(12,13)5-8-11-10-7(14-8)4-9-6-2-3-6/h6,9H,2-5H2,1H3. The predicted octanol–water partition coefficient (Wildman–Crippen LogP) is -0.134. The van der Waals surface area contributed by atoms with Gasteiger partial charge in [0.15, 0.2) is 9.84 Å². The summed E-state index contributed by atoms with van der Waals surface area (Å²) < 4.78 is 27.1. The highest BCUT2D eigenvalue weighted by Gasteiger charge is 2.21. The van der Waals surface area contributed by atoms with Crippen molar-refractivity contribution in [3.05, 3.63) is 11.8 Å². The van der Waals surface area contributed by atoms with Gasteiger partial charge in [-0.25, -0.2) is 8.42 Å². The summed E-state index contributed by atoms with van der Waals surface area (Å²) in [6.07, 6.45) is 3.51. The van der Waals surface area contributed by atoms with Crippen LogP contribution in [0.5, 0.6) is 0 Å². The molecule has 6 nitrogen and oxygen atoms in total. The third kappa shape index (κ3) is 3.60. The summed E-state index contributed by atoms with van der Waals surface area (Å²) in [4.78, 5) is 0. The molecule has 0 atom stereocenters. The van der Waals surface area contributed by atoms with Gasteiger partial charge in [-0.2, -0.15) is 0 Å². The quantitative estimate of drug-likeness (QED) is 0.759. The van der Waals surface area contributed by atoms with Gasteiger partial charge in [0.1, 0.15) is 5.75 Å². The minimum Gasteiger partial charge on any atom is -0.423 e. The van der Waals surface area contributed by atoms with Gasteiger partial charge >= 0.3 is 0 Å². The van der Waals surface area contributed by atoms with Crippen LogP contribution in [0.15, 0.2) is 4.42 Å². The van der Waals surface area contributed by atoms with Crippen LogP contribution in [0.2, 0.25) is 0 Å². The lowest BCUT2D eigenvalue weighted by Gasteiger charge is -1.95. The van der Waals surface area contributed by atoms with Crippen molar-refractivity contribution in [3.63, 3.8) is 0 Å². The summed E-state index contributed by atoms with van der Waals surface area (Å²) in [5.74, 6) is 0.411. The van der Waals surface area contributed by atoms with E-state index >= 15 is 0 Å². The molecule has 7 heteroatoms. The molecule has 1 aliphatic rings. The van der Waals surface area contributed by atoms with E-state index in [1.54, 1.807) is 0 Å². The fraction of sp³-hybridized carbons (Fsp3) is 0.750. The molecule has 0 unspecified atom stereocenters. The van der Waals surface area contributed by atoms with Crippen molar-refractivity contribution < 1.29 is 12.8 Å². The first-order valence-electron chi connectivity index (χ1n) is 4.75. The van der Waals surface area contributed by atoms with Crippen molar-refractivity contribution >= 4 is 9.84 Å². The van der Waals surface area contributed by atoms with E-state index in [-0.39, 0.29) is 11.6 Å². The minimum atomic E-state index is -3.10. The predicted molar refractivity (Wildman–Crippen MR) is 52.7 cm³/mol. The lowest BCUT2D eigenvalue weighted by Crippen LogP contribution is -2.15. The molecule has 1 N–H and O–H groups in total. The van der Waals surface area contributed by atoms with Gasteiger partial charge in [-0.3, -0.25) is 0 Å². The first-order chi connectivity index (χ1) is 7.03. The van der Waals surface area contributed by atoms with Crippen LogP contribution < -0.4 is 5.32 Å². The molecular weight excluding hydrogens is 218 g/mol. The molecule has 0 amide bonds. The SMILES string of the molecule is CS(=O)(=O)Cc1nnc(CNC2CC2)o1. The van der Waals surface area contributed by atoms with Gasteiger partial charge in [0.25, 0.3) is 0 Å². The van der Waals surface area contributed by atoms with E-state index in [0.29, 0.717) is 18.5 Å². The second-order valence-electron chi connectivity index (χ2n) is 3.81. The van der Waals surface area contributed by atoms with Crippen LogP contribution in [-0.4, -0.2) is 30.9 Å². The van der Waals surface area contributed by atoms with Crippen molar-refractivity contribution in [2.24, 2.45) is 0 Å². The fourth-order valence-corrected chi connectivity index (χ4v) is 1.73. The Hall–Kier alpha value is -0.950. The highest BCUT2D eigenvalue weighted by atomic mass is 32.2. The first kappa shape index (κ1) is 10.6. The molecule has 0 aliphatic heterocycles. The maximum atomic E-state index is 10.9. The number of nitrogens with one attached hydrogen (secondary N) is 1. The van der Waals surface area contributed by atoms with Crippen LogP contribution in [0, 0.1) is 0 Å². The van der Waals surface area contributed by atoms with E-state index in [9.17, 15) is 8.42 Å². The molecule has 84 valence electrons. The highest BCUT2D eigenvalue weighted by molar-refractivity contribution is 7.89. The van der Waals surface area contributed by atoms with Crippen molar-refractivity contribution in [2.75, 3.05) is 6.26 Å². The fourth-order valence-electron chi connectivity index (χ4n) is 1.16. The molecule has 1 aromatic heterocycles. The van der Waals surface area contributed by atoms with E-state index in [2.05, 4.69) is 15.5 Å². The maximum absolute atomic E-state index is 10.9. The van der Waals surface area contributed by atoms with Crippen molar-refractivity contribution in [1.29, 1.82) is 0 Å². The van der Waals surface area contributed by atoms with Gasteiger partial charge in [0.05, 0.1) is 6.54 Å². The topological polar surface area (TPSA) is 85.1 Å². The molecule has 0 saturated heterocycles. The number of nitrogens with zero attached hydrogens (tertiary/aromatic N) is 2. The molecule has 15 heavy (non-hydrogen) atoms. The summed E-state index contributed by atoms with van der Waals surface area (Å²) in [7, 11) is -3.10. The Balaban J connectivity index is 1.90. The van der Waals surface area contributed by atoms with Gasteiger partial charge < -0.3 is 9.73 Å². The minimum absolute atomic E-state index is 0.157. The molecule has 1 fully saturated rings. The van der Waals surface area contributed by atoms with Crippen LogP contribution in [0.4, 0.5) is 0 Å². The number of sulfone groups is 1. The third-order valence-corrected chi connectivity index (χ3v) is 2.79. The Morgan fingerprint density at radius 2 is 2.07 bits per heavy atom. The van der Waals surface area contributed by atoms with Crippen molar-refractivity contribution in [1.82, 2.24) is 15.5 Å². The Bertz CT molecular complexity index is 436. The lowest BCUT2D eigenvalue weighted by molar-refractivity contribution is 0.441. The molecule has 2 rings (SSSR count). The van der Waals surface area contributed by atoms with Gasteiger partial charge in [-0.15, -0.1) is 10.2 Å². The molecular formula is C8H13N3O3S.